The Balaban J connectivity index is 1.10. The summed E-state index contributed by atoms with van der Waals surface area (Å²) < 4.78 is 1.75. The third-order valence-corrected chi connectivity index (χ3v) is 9.28. The summed E-state index contributed by atoms with van der Waals surface area (Å²) in [5.74, 6) is -0.668. The summed E-state index contributed by atoms with van der Waals surface area (Å²) in [4.78, 5) is 54.0. The van der Waals surface area contributed by atoms with Crippen molar-refractivity contribution in [1.29, 1.82) is 0 Å². The first-order valence-corrected chi connectivity index (χ1v) is 16.2. The summed E-state index contributed by atoms with van der Waals surface area (Å²) in [7, 11) is 8.90. The van der Waals surface area contributed by atoms with Gasteiger partial charge in [-0.05, 0) is 60.9 Å². The molecule has 2 aliphatic heterocycles. The van der Waals surface area contributed by atoms with Crippen molar-refractivity contribution in [3.8, 4) is 0 Å². The van der Waals surface area contributed by atoms with Crippen LogP contribution >= 0.6 is 0 Å². The molecule has 4 rings (SSSR count). The van der Waals surface area contributed by atoms with Crippen molar-refractivity contribution in [1.82, 2.24) is 9.80 Å². The van der Waals surface area contributed by atoms with E-state index in [9.17, 15) is 19.2 Å². The standard InChI is InChI=1S/C36H52N4O4/c1-36(2,3)27-18-19-30-31(26-27)35(44)38(34(30)43)21-15-25-40(6,7)23-13-9-8-12-22-39(4,5)24-14-20-37-32(41)28-16-10-11-17-29(28)33(37)42/h10-11,16-19,26H,8-9,12-15,20-25H2,1-7H3/q+2. The molecule has 2 aromatic rings. The second-order valence-corrected chi connectivity index (χ2v) is 15.0. The van der Waals surface area contributed by atoms with Crippen LogP contribution in [0, 0.1) is 0 Å². The van der Waals surface area contributed by atoms with Crippen LogP contribution in [0.15, 0.2) is 42.5 Å². The Kier molecular flexibility index (Phi) is 10.2. The van der Waals surface area contributed by atoms with Crippen LogP contribution in [-0.4, -0.2) is 110 Å². The van der Waals surface area contributed by atoms with E-state index < -0.39 is 0 Å². The normalized spacial score (nSPS) is 15.4. The zero-order valence-corrected chi connectivity index (χ0v) is 27.9. The molecular weight excluding hydrogens is 552 g/mol. The van der Waals surface area contributed by atoms with Crippen molar-refractivity contribution in [3.63, 3.8) is 0 Å². The Morgan fingerprint density at radius 3 is 1.34 bits per heavy atom. The molecule has 44 heavy (non-hydrogen) atoms. The number of unbranched alkanes of at least 4 members (excludes halogenated alkanes) is 3. The van der Waals surface area contributed by atoms with Gasteiger partial charge in [0.1, 0.15) is 0 Å². The molecule has 0 radical (unpaired) electrons. The van der Waals surface area contributed by atoms with E-state index >= 15 is 0 Å². The fourth-order valence-electron chi connectivity index (χ4n) is 6.37. The minimum absolute atomic E-state index is 0.0740. The first-order chi connectivity index (χ1) is 20.6. The van der Waals surface area contributed by atoms with Crippen LogP contribution in [-0.2, 0) is 5.41 Å². The van der Waals surface area contributed by atoms with Crippen LogP contribution in [0.5, 0.6) is 0 Å². The fourth-order valence-corrected chi connectivity index (χ4v) is 6.37. The number of amides is 4. The van der Waals surface area contributed by atoms with Gasteiger partial charge < -0.3 is 8.97 Å². The first-order valence-electron chi connectivity index (χ1n) is 16.2. The number of imide groups is 2. The highest BCUT2D eigenvalue weighted by Crippen LogP contribution is 2.30. The van der Waals surface area contributed by atoms with Crippen LogP contribution in [0.3, 0.4) is 0 Å². The van der Waals surface area contributed by atoms with E-state index in [0.717, 1.165) is 66.4 Å². The molecule has 0 saturated carbocycles. The number of carbonyl (C=O) groups excluding carboxylic acids is 4. The molecule has 0 unspecified atom stereocenters. The molecule has 0 aliphatic carbocycles. The Morgan fingerprint density at radius 1 is 0.523 bits per heavy atom. The van der Waals surface area contributed by atoms with Crippen molar-refractivity contribution in [2.24, 2.45) is 0 Å². The summed E-state index contributed by atoms with van der Waals surface area (Å²) in [6.07, 6.45) is 6.21. The van der Waals surface area contributed by atoms with Gasteiger partial charge in [-0.1, -0.05) is 39.0 Å². The third-order valence-electron chi connectivity index (χ3n) is 9.28. The number of benzene rings is 2. The molecule has 0 aromatic heterocycles. The summed E-state index contributed by atoms with van der Waals surface area (Å²) in [6, 6.07) is 12.7. The Bertz CT molecular complexity index is 1370. The topological polar surface area (TPSA) is 74.8 Å². The zero-order chi connectivity index (χ0) is 32.3. The first kappa shape index (κ1) is 33.5. The van der Waals surface area contributed by atoms with Crippen LogP contribution in [0.2, 0.25) is 0 Å². The summed E-state index contributed by atoms with van der Waals surface area (Å²) in [5, 5.41) is 0. The van der Waals surface area contributed by atoms with E-state index in [1.807, 2.05) is 18.2 Å². The number of hydrogen-bond acceptors (Lipinski definition) is 4. The lowest BCUT2D eigenvalue weighted by Crippen LogP contribution is -2.43. The highest BCUT2D eigenvalue weighted by atomic mass is 16.2. The smallest absolute Gasteiger partial charge is 0.261 e. The second kappa shape index (κ2) is 13.3. The van der Waals surface area contributed by atoms with E-state index in [-0.39, 0.29) is 29.0 Å². The van der Waals surface area contributed by atoms with Crippen molar-refractivity contribution < 1.29 is 28.1 Å². The highest BCUT2D eigenvalue weighted by Gasteiger charge is 2.37. The van der Waals surface area contributed by atoms with Crippen LogP contribution in [0.25, 0.3) is 0 Å². The van der Waals surface area contributed by atoms with E-state index in [2.05, 4.69) is 49.0 Å². The molecular formula is C36H52N4O4+2. The van der Waals surface area contributed by atoms with Crippen LogP contribution in [0.1, 0.15) is 106 Å². The monoisotopic (exact) mass is 604 g/mol. The summed E-state index contributed by atoms with van der Waals surface area (Å²) in [6.45, 7) is 11.2. The average molecular weight is 605 g/mol. The molecule has 2 heterocycles. The number of rotatable bonds is 15. The number of quaternary nitrogens is 2. The molecule has 0 bridgehead atoms. The van der Waals surface area contributed by atoms with Gasteiger partial charge in [-0.3, -0.25) is 29.0 Å². The quantitative estimate of drug-likeness (QED) is 0.156. The van der Waals surface area contributed by atoms with Crippen LogP contribution in [0.4, 0.5) is 0 Å². The molecule has 2 aromatic carbocycles. The predicted octanol–water partition coefficient (Wildman–Crippen LogP) is 5.37. The molecule has 0 atom stereocenters. The largest absolute Gasteiger partial charge is 0.328 e. The Morgan fingerprint density at radius 2 is 0.909 bits per heavy atom. The molecule has 8 heteroatoms. The maximum absolute atomic E-state index is 13.0. The lowest BCUT2D eigenvalue weighted by Gasteiger charge is -2.31. The van der Waals surface area contributed by atoms with Crippen molar-refractivity contribution >= 4 is 23.6 Å². The van der Waals surface area contributed by atoms with Crippen molar-refractivity contribution in [2.45, 2.75) is 64.7 Å². The van der Waals surface area contributed by atoms with Crippen LogP contribution < -0.4 is 0 Å². The molecule has 238 valence electrons. The summed E-state index contributed by atoms with van der Waals surface area (Å²) >= 11 is 0. The number of nitrogens with zero attached hydrogens (tertiary/aromatic N) is 4. The van der Waals surface area contributed by atoms with Gasteiger partial charge in [0.2, 0.25) is 0 Å². The zero-order valence-electron chi connectivity index (χ0n) is 27.9. The Labute approximate surface area is 263 Å². The van der Waals surface area contributed by atoms with Gasteiger partial charge in [0.05, 0.1) is 76.6 Å². The van der Waals surface area contributed by atoms with E-state index in [1.54, 1.807) is 24.3 Å². The SMILES string of the molecule is CC(C)(C)c1ccc2c(c1)C(=O)N(CCC[N+](C)(C)CCCCCC[N+](C)(C)CCCN1C(=O)c3ccccc3C1=O)C2=O. The van der Waals surface area contributed by atoms with Gasteiger partial charge >= 0.3 is 0 Å². The summed E-state index contributed by atoms with van der Waals surface area (Å²) in [5.41, 5.74) is 3.10. The van der Waals surface area contributed by atoms with Crippen molar-refractivity contribution in [2.75, 3.05) is 67.5 Å². The molecule has 2 aliphatic rings. The van der Waals surface area contributed by atoms with E-state index in [0.29, 0.717) is 35.3 Å². The minimum atomic E-state index is -0.171. The van der Waals surface area contributed by atoms with Gasteiger partial charge in [0.25, 0.3) is 23.6 Å². The van der Waals surface area contributed by atoms with Gasteiger partial charge in [-0.25, -0.2) is 0 Å². The predicted molar refractivity (Wildman–Crippen MR) is 174 cm³/mol. The van der Waals surface area contributed by atoms with Gasteiger partial charge in [0, 0.05) is 25.9 Å². The maximum atomic E-state index is 13.0. The molecule has 8 nitrogen and oxygen atoms in total. The lowest BCUT2D eigenvalue weighted by molar-refractivity contribution is -0.891. The van der Waals surface area contributed by atoms with E-state index in [4.69, 9.17) is 0 Å². The van der Waals surface area contributed by atoms with Gasteiger partial charge in [0.15, 0.2) is 0 Å². The molecule has 0 saturated heterocycles. The Hall–Kier alpha value is -3.36. The molecule has 0 N–H and O–H groups in total. The molecule has 0 spiro atoms. The second-order valence-electron chi connectivity index (χ2n) is 15.0. The van der Waals surface area contributed by atoms with Gasteiger partial charge in [-0.15, -0.1) is 0 Å². The van der Waals surface area contributed by atoms with E-state index in [1.165, 1.54) is 22.6 Å². The fraction of sp³-hybridized carbons (Fsp3) is 0.556. The highest BCUT2D eigenvalue weighted by molar-refractivity contribution is 6.22. The third kappa shape index (κ3) is 7.83. The molecule has 0 fully saturated rings. The van der Waals surface area contributed by atoms with Crippen molar-refractivity contribution in [3.05, 3.63) is 70.3 Å². The number of carbonyl (C=O) groups is 4. The maximum Gasteiger partial charge on any atom is 0.261 e. The average Bonchev–Trinajstić information content (AvgIpc) is 3.34. The van der Waals surface area contributed by atoms with Gasteiger partial charge in [-0.2, -0.15) is 0 Å². The lowest BCUT2D eigenvalue weighted by atomic mass is 9.85. The number of hydrogen-bond donors (Lipinski definition) is 0. The minimum Gasteiger partial charge on any atom is -0.328 e. The molecule has 4 amide bonds. The number of fused-ring (bicyclic) bond motifs is 2.